The third kappa shape index (κ3) is 5.52. The average Bonchev–Trinajstić information content (AvgIpc) is 2.69. The summed E-state index contributed by atoms with van der Waals surface area (Å²) in [6.07, 6.45) is 2.79. The summed E-state index contributed by atoms with van der Waals surface area (Å²) in [7, 11) is 0. The molecule has 0 spiro atoms. The van der Waals surface area contributed by atoms with Gasteiger partial charge in [0, 0.05) is 11.1 Å². The highest BCUT2D eigenvalue weighted by Gasteiger charge is 2.04. The summed E-state index contributed by atoms with van der Waals surface area (Å²) in [5, 5.41) is 15.3. The molecule has 136 valence electrons. The van der Waals surface area contributed by atoms with Crippen LogP contribution in [-0.2, 0) is 6.61 Å². The highest BCUT2D eigenvalue weighted by atomic mass is 35.5. The van der Waals surface area contributed by atoms with Gasteiger partial charge in [-0.15, -0.1) is 0 Å². The Balaban J connectivity index is 1.51. The van der Waals surface area contributed by atoms with Gasteiger partial charge in [-0.05, 0) is 53.6 Å². The minimum absolute atomic E-state index is 0.0706. The van der Waals surface area contributed by atoms with Crippen LogP contribution >= 0.6 is 11.6 Å². The minimum atomic E-state index is -0.503. The van der Waals surface area contributed by atoms with E-state index in [9.17, 15) is 10.1 Å². The van der Waals surface area contributed by atoms with E-state index in [1.165, 1.54) is 18.3 Å². The molecule has 0 aliphatic heterocycles. The van der Waals surface area contributed by atoms with E-state index in [0.717, 1.165) is 16.9 Å². The molecule has 0 aliphatic carbocycles. The molecule has 3 aromatic rings. The molecule has 8 heteroatoms. The fourth-order valence-electron chi connectivity index (χ4n) is 2.13. The number of anilines is 1. The molecule has 7 nitrogen and oxygen atoms in total. The van der Waals surface area contributed by atoms with Crippen molar-refractivity contribution >= 4 is 29.3 Å². The van der Waals surface area contributed by atoms with Crippen LogP contribution in [0.25, 0.3) is 0 Å². The second-order valence-electron chi connectivity index (χ2n) is 5.51. The Bertz CT molecular complexity index is 927. The van der Waals surface area contributed by atoms with Crippen LogP contribution in [0, 0.1) is 10.1 Å². The van der Waals surface area contributed by atoms with Crippen LogP contribution in [0.15, 0.2) is 72.0 Å². The number of rotatable bonds is 7. The molecule has 0 unspecified atom stereocenters. The van der Waals surface area contributed by atoms with Gasteiger partial charge in [-0.3, -0.25) is 15.5 Å². The number of nitrogens with one attached hydrogen (secondary N) is 1. The van der Waals surface area contributed by atoms with E-state index >= 15 is 0 Å². The highest BCUT2D eigenvalue weighted by molar-refractivity contribution is 6.30. The molecule has 0 saturated heterocycles. The molecular weight excluding hydrogens is 368 g/mol. The first kappa shape index (κ1) is 18.3. The Labute approximate surface area is 160 Å². The number of benzene rings is 2. The maximum atomic E-state index is 10.6. The Morgan fingerprint density at radius 1 is 1.11 bits per heavy atom. The van der Waals surface area contributed by atoms with Crippen LogP contribution in [0.5, 0.6) is 5.75 Å². The fraction of sp³-hybridized carbons (Fsp3) is 0.0526. The van der Waals surface area contributed by atoms with Gasteiger partial charge in [0.1, 0.15) is 24.4 Å². The number of aromatic nitrogens is 1. The van der Waals surface area contributed by atoms with Crippen molar-refractivity contribution in [1.29, 1.82) is 0 Å². The van der Waals surface area contributed by atoms with E-state index < -0.39 is 4.92 Å². The van der Waals surface area contributed by atoms with E-state index in [2.05, 4.69) is 15.5 Å². The first-order valence-electron chi connectivity index (χ1n) is 7.97. The third-order valence-electron chi connectivity index (χ3n) is 3.55. The van der Waals surface area contributed by atoms with Crippen LogP contribution < -0.4 is 10.2 Å². The lowest BCUT2D eigenvalue weighted by Gasteiger charge is -2.06. The van der Waals surface area contributed by atoms with Gasteiger partial charge in [-0.2, -0.15) is 5.10 Å². The van der Waals surface area contributed by atoms with Crippen LogP contribution in [0.3, 0.4) is 0 Å². The summed E-state index contributed by atoms with van der Waals surface area (Å²) in [5.74, 6) is 1.16. The smallest absolute Gasteiger partial charge is 0.287 e. The van der Waals surface area contributed by atoms with Crippen molar-refractivity contribution in [3.8, 4) is 5.75 Å². The van der Waals surface area contributed by atoms with Crippen molar-refractivity contribution in [3.63, 3.8) is 0 Å². The molecule has 1 N–H and O–H groups in total. The quantitative estimate of drug-likeness (QED) is 0.364. The predicted octanol–water partition coefficient (Wildman–Crippen LogP) is 4.67. The third-order valence-corrected chi connectivity index (χ3v) is 3.80. The summed E-state index contributed by atoms with van der Waals surface area (Å²) >= 11 is 5.86. The van der Waals surface area contributed by atoms with Crippen LogP contribution in [0.1, 0.15) is 11.1 Å². The zero-order valence-electron chi connectivity index (χ0n) is 14.1. The molecule has 27 heavy (non-hydrogen) atoms. The summed E-state index contributed by atoms with van der Waals surface area (Å²) in [5.41, 5.74) is 4.54. The summed E-state index contributed by atoms with van der Waals surface area (Å²) in [4.78, 5) is 14.0. The number of hydrazone groups is 1. The summed E-state index contributed by atoms with van der Waals surface area (Å²) in [6, 6.07) is 17.8. The van der Waals surface area contributed by atoms with Crippen molar-refractivity contribution in [1.82, 2.24) is 4.98 Å². The molecule has 0 fully saturated rings. The molecule has 0 saturated carbocycles. The number of pyridine rings is 1. The number of hydrogen-bond donors (Lipinski definition) is 1. The second-order valence-corrected chi connectivity index (χ2v) is 5.95. The highest BCUT2D eigenvalue weighted by Crippen LogP contribution is 2.15. The van der Waals surface area contributed by atoms with E-state index in [0.29, 0.717) is 17.4 Å². The van der Waals surface area contributed by atoms with Crippen molar-refractivity contribution in [3.05, 3.63) is 93.1 Å². The lowest BCUT2D eigenvalue weighted by molar-refractivity contribution is -0.385. The number of hydrogen-bond acceptors (Lipinski definition) is 6. The Morgan fingerprint density at radius 2 is 1.85 bits per heavy atom. The summed E-state index contributed by atoms with van der Waals surface area (Å²) in [6.45, 7) is 0.456. The monoisotopic (exact) mass is 382 g/mol. The molecule has 0 bridgehead atoms. The molecule has 3 rings (SSSR count). The zero-order chi connectivity index (χ0) is 19.1. The average molecular weight is 383 g/mol. The zero-order valence-corrected chi connectivity index (χ0v) is 14.8. The first-order valence-corrected chi connectivity index (χ1v) is 8.35. The standard InChI is InChI=1S/C19H15ClN4O3/c20-16-5-1-15(2-6-16)13-27-18-8-3-14(4-9-18)11-22-23-19-10-7-17(12-21-19)24(25)26/h1-12H,13H2,(H,21,23)/b22-11+. The number of ether oxygens (including phenoxy) is 1. The molecule has 0 radical (unpaired) electrons. The van der Waals surface area contributed by atoms with Gasteiger partial charge in [0.15, 0.2) is 0 Å². The fourth-order valence-corrected chi connectivity index (χ4v) is 2.26. The van der Waals surface area contributed by atoms with Gasteiger partial charge in [0.2, 0.25) is 0 Å². The molecule has 1 heterocycles. The largest absolute Gasteiger partial charge is 0.489 e. The number of nitrogens with zero attached hydrogens (tertiary/aromatic N) is 3. The number of nitro groups is 1. The predicted molar refractivity (Wildman–Crippen MR) is 104 cm³/mol. The number of halogens is 1. The van der Waals surface area contributed by atoms with Crippen molar-refractivity contribution in [2.75, 3.05) is 5.43 Å². The Morgan fingerprint density at radius 3 is 2.48 bits per heavy atom. The first-order chi connectivity index (χ1) is 13.1. The van der Waals surface area contributed by atoms with Crippen LogP contribution in [0.2, 0.25) is 5.02 Å². The van der Waals surface area contributed by atoms with Crippen molar-refractivity contribution in [2.45, 2.75) is 6.61 Å². The van der Waals surface area contributed by atoms with E-state index in [1.54, 1.807) is 6.21 Å². The van der Waals surface area contributed by atoms with Crippen molar-refractivity contribution < 1.29 is 9.66 Å². The topological polar surface area (TPSA) is 89.7 Å². The lowest BCUT2D eigenvalue weighted by Crippen LogP contribution is -1.96. The minimum Gasteiger partial charge on any atom is -0.489 e. The van der Waals surface area contributed by atoms with Gasteiger partial charge in [0.25, 0.3) is 5.69 Å². The molecular formula is C19H15ClN4O3. The van der Waals surface area contributed by atoms with Gasteiger partial charge in [0.05, 0.1) is 11.1 Å². The normalized spacial score (nSPS) is 10.7. The molecule has 1 aromatic heterocycles. The summed E-state index contributed by atoms with van der Waals surface area (Å²) < 4.78 is 5.72. The second kappa shape index (κ2) is 8.77. The Kier molecular flexibility index (Phi) is 5.96. The SMILES string of the molecule is O=[N+]([O-])c1ccc(N/N=C/c2ccc(OCc3ccc(Cl)cc3)cc2)nc1. The molecule has 0 aliphatic rings. The van der Waals surface area contributed by atoms with Gasteiger partial charge < -0.3 is 4.74 Å². The van der Waals surface area contributed by atoms with Gasteiger partial charge in [-0.25, -0.2) is 4.98 Å². The van der Waals surface area contributed by atoms with Crippen LogP contribution in [0.4, 0.5) is 11.5 Å². The molecule has 0 amide bonds. The van der Waals surface area contributed by atoms with Gasteiger partial charge in [-0.1, -0.05) is 23.7 Å². The van der Waals surface area contributed by atoms with E-state index in [4.69, 9.17) is 16.3 Å². The Hall–Kier alpha value is -3.45. The van der Waals surface area contributed by atoms with Gasteiger partial charge >= 0.3 is 0 Å². The molecule has 2 aromatic carbocycles. The van der Waals surface area contributed by atoms with E-state index in [1.807, 2.05) is 48.5 Å². The molecule has 0 atom stereocenters. The van der Waals surface area contributed by atoms with E-state index in [-0.39, 0.29) is 5.69 Å². The van der Waals surface area contributed by atoms with Crippen LogP contribution in [-0.4, -0.2) is 16.1 Å². The maximum Gasteiger partial charge on any atom is 0.287 e. The van der Waals surface area contributed by atoms with Crippen molar-refractivity contribution in [2.24, 2.45) is 5.10 Å². The lowest BCUT2D eigenvalue weighted by atomic mass is 10.2. The maximum absolute atomic E-state index is 10.6.